The van der Waals surface area contributed by atoms with Crippen molar-refractivity contribution in [1.29, 1.82) is 0 Å². The monoisotopic (exact) mass is 323 g/mol. The average molecular weight is 323 g/mol. The van der Waals surface area contributed by atoms with Crippen molar-refractivity contribution in [3.8, 4) is 11.1 Å². The van der Waals surface area contributed by atoms with Gasteiger partial charge in [-0.2, -0.15) is 0 Å². The lowest BCUT2D eigenvalue weighted by Gasteiger charge is -2.19. The van der Waals surface area contributed by atoms with Gasteiger partial charge in [0.25, 0.3) is 5.91 Å². The molecule has 1 aliphatic rings. The van der Waals surface area contributed by atoms with E-state index < -0.39 is 5.97 Å². The van der Waals surface area contributed by atoms with Crippen LogP contribution in [0, 0.1) is 5.92 Å². The fourth-order valence-corrected chi connectivity index (χ4v) is 3.33. The van der Waals surface area contributed by atoms with Crippen LogP contribution in [0.25, 0.3) is 11.1 Å². The average Bonchev–Trinajstić information content (AvgIpc) is 3.10. The predicted molar refractivity (Wildman–Crippen MR) is 93.1 cm³/mol. The summed E-state index contributed by atoms with van der Waals surface area (Å²) < 4.78 is 0. The van der Waals surface area contributed by atoms with Crippen LogP contribution in [-0.4, -0.2) is 35.0 Å². The molecule has 0 aliphatic carbocycles. The van der Waals surface area contributed by atoms with Crippen LogP contribution in [-0.2, 0) is 0 Å². The Bertz CT molecular complexity index is 769. The van der Waals surface area contributed by atoms with E-state index in [1.54, 1.807) is 30.3 Å². The first-order chi connectivity index (χ1) is 11.6. The van der Waals surface area contributed by atoms with Gasteiger partial charge in [-0.25, -0.2) is 4.79 Å². The number of hydrogen-bond acceptors (Lipinski definition) is 2. The fraction of sp³-hybridized carbons (Fsp3) is 0.300. The lowest BCUT2D eigenvalue weighted by molar-refractivity contribution is 0.0696. The van der Waals surface area contributed by atoms with Crippen molar-refractivity contribution in [2.24, 2.45) is 5.92 Å². The summed E-state index contributed by atoms with van der Waals surface area (Å²) in [4.78, 5) is 26.4. The molecule has 4 nitrogen and oxygen atoms in total. The predicted octanol–water partition coefficient (Wildman–Crippen LogP) is 3.92. The molecule has 1 heterocycles. The summed E-state index contributed by atoms with van der Waals surface area (Å²) in [7, 11) is 0. The molecule has 2 aromatic rings. The van der Waals surface area contributed by atoms with Crippen LogP contribution in [0.4, 0.5) is 0 Å². The number of hydrogen-bond donors (Lipinski definition) is 1. The number of benzene rings is 2. The van der Waals surface area contributed by atoms with Crippen LogP contribution in [0.5, 0.6) is 0 Å². The van der Waals surface area contributed by atoms with E-state index in [1.807, 2.05) is 23.1 Å². The van der Waals surface area contributed by atoms with Crippen molar-refractivity contribution >= 4 is 11.9 Å². The minimum atomic E-state index is -0.986. The molecule has 1 fully saturated rings. The second-order valence-corrected chi connectivity index (χ2v) is 6.21. The highest BCUT2D eigenvalue weighted by Crippen LogP contribution is 2.30. The largest absolute Gasteiger partial charge is 0.478 e. The third-order valence-corrected chi connectivity index (χ3v) is 4.76. The van der Waals surface area contributed by atoms with Gasteiger partial charge < -0.3 is 10.0 Å². The van der Waals surface area contributed by atoms with E-state index >= 15 is 0 Å². The highest BCUT2D eigenvalue weighted by molar-refractivity contribution is 6.04. The number of aromatic carboxylic acids is 1. The van der Waals surface area contributed by atoms with Gasteiger partial charge in [0.1, 0.15) is 0 Å². The number of amides is 1. The Hall–Kier alpha value is -2.62. The summed E-state index contributed by atoms with van der Waals surface area (Å²) in [5, 5.41) is 9.44. The topological polar surface area (TPSA) is 57.6 Å². The van der Waals surface area contributed by atoms with Crippen LogP contribution < -0.4 is 0 Å². The van der Waals surface area contributed by atoms with Gasteiger partial charge in [0, 0.05) is 18.7 Å². The van der Waals surface area contributed by atoms with Crippen LogP contribution in [0.1, 0.15) is 40.5 Å². The van der Waals surface area contributed by atoms with E-state index in [4.69, 9.17) is 0 Å². The van der Waals surface area contributed by atoms with Crippen molar-refractivity contribution in [2.75, 3.05) is 13.1 Å². The number of carboxylic acids is 1. The van der Waals surface area contributed by atoms with E-state index in [9.17, 15) is 14.7 Å². The van der Waals surface area contributed by atoms with E-state index in [0.717, 1.165) is 25.9 Å². The van der Waals surface area contributed by atoms with Crippen molar-refractivity contribution in [3.05, 3.63) is 59.7 Å². The van der Waals surface area contributed by atoms with E-state index in [1.165, 1.54) is 0 Å². The van der Waals surface area contributed by atoms with Crippen LogP contribution in [0.3, 0.4) is 0 Å². The zero-order chi connectivity index (χ0) is 17.1. The van der Waals surface area contributed by atoms with Crippen LogP contribution in [0.15, 0.2) is 48.5 Å². The van der Waals surface area contributed by atoms with Crippen molar-refractivity contribution in [3.63, 3.8) is 0 Å². The third-order valence-electron chi connectivity index (χ3n) is 4.76. The first kappa shape index (κ1) is 16.2. The van der Waals surface area contributed by atoms with Gasteiger partial charge in [-0.1, -0.05) is 49.7 Å². The first-order valence-corrected chi connectivity index (χ1v) is 8.32. The molecule has 0 saturated carbocycles. The van der Waals surface area contributed by atoms with Gasteiger partial charge in [0.2, 0.25) is 0 Å². The molecular weight excluding hydrogens is 302 g/mol. The second-order valence-electron chi connectivity index (χ2n) is 6.21. The van der Waals surface area contributed by atoms with Gasteiger partial charge >= 0.3 is 5.97 Å². The lowest BCUT2D eigenvalue weighted by Crippen LogP contribution is -2.29. The summed E-state index contributed by atoms with van der Waals surface area (Å²) in [6, 6.07) is 14.1. The smallest absolute Gasteiger partial charge is 0.336 e. The molecular formula is C20H21NO3. The summed E-state index contributed by atoms with van der Waals surface area (Å²) >= 11 is 0. The number of carboxylic acid groups (broad SMARTS) is 1. The molecule has 1 saturated heterocycles. The molecule has 0 bridgehead atoms. The fourth-order valence-electron chi connectivity index (χ4n) is 3.33. The highest BCUT2D eigenvalue weighted by atomic mass is 16.4. The molecule has 1 unspecified atom stereocenters. The Kier molecular flexibility index (Phi) is 4.65. The summed E-state index contributed by atoms with van der Waals surface area (Å²) in [6.45, 7) is 3.70. The summed E-state index contributed by atoms with van der Waals surface area (Å²) in [5.74, 6) is -0.436. The molecule has 2 aromatic carbocycles. The molecule has 4 heteroatoms. The Labute approximate surface area is 141 Å². The van der Waals surface area contributed by atoms with E-state index in [2.05, 4.69) is 6.92 Å². The highest BCUT2D eigenvalue weighted by Gasteiger charge is 2.27. The van der Waals surface area contributed by atoms with Crippen LogP contribution in [0.2, 0.25) is 0 Å². The van der Waals surface area contributed by atoms with Crippen molar-refractivity contribution < 1.29 is 14.7 Å². The SMILES string of the molecule is CCC1CCN(C(=O)c2ccccc2-c2ccccc2C(=O)O)C1. The Morgan fingerprint density at radius 2 is 1.62 bits per heavy atom. The zero-order valence-corrected chi connectivity index (χ0v) is 13.7. The summed E-state index contributed by atoms with van der Waals surface area (Å²) in [6.07, 6.45) is 2.11. The second kappa shape index (κ2) is 6.87. The molecule has 1 N–H and O–H groups in total. The quantitative estimate of drug-likeness (QED) is 0.927. The molecule has 0 aromatic heterocycles. The van der Waals surface area contributed by atoms with E-state index in [0.29, 0.717) is 22.6 Å². The van der Waals surface area contributed by atoms with Gasteiger partial charge in [-0.15, -0.1) is 0 Å². The van der Waals surface area contributed by atoms with E-state index in [-0.39, 0.29) is 11.5 Å². The van der Waals surface area contributed by atoms with Gasteiger partial charge in [-0.3, -0.25) is 4.79 Å². The van der Waals surface area contributed by atoms with Gasteiger partial charge in [0.15, 0.2) is 0 Å². The van der Waals surface area contributed by atoms with Gasteiger partial charge in [-0.05, 0) is 35.6 Å². The molecule has 0 radical (unpaired) electrons. The van der Waals surface area contributed by atoms with Crippen molar-refractivity contribution in [1.82, 2.24) is 4.90 Å². The molecule has 0 spiro atoms. The van der Waals surface area contributed by atoms with Crippen LogP contribution >= 0.6 is 0 Å². The number of rotatable bonds is 4. The Morgan fingerprint density at radius 1 is 1.04 bits per heavy atom. The molecule has 1 atom stereocenters. The standard InChI is InChI=1S/C20H21NO3/c1-2-14-11-12-21(13-14)19(22)17-9-5-3-7-15(17)16-8-4-6-10-18(16)20(23)24/h3-10,14H,2,11-13H2,1H3,(H,23,24). The summed E-state index contributed by atoms with van der Waals surface area (Å²) in [5.41, 5.74) is 2.05. The lowest BCUT2D eigenvalue weighted by atomic mass is 9.95. The Morgan fingerprint density at radius 3 is 2.21 bits per heavy atom. The minimum Gasteiger partial charge on any atom is -0.478 e. The Balaban J connectivity index is 2.01. The van der Waals surface area contributed by atoms with Crippen molar-refractivity contribution in [2.45, 2.75) is 19.8 Å². The molecule has 24 heavy (non-hydrogen) atoms. The maximum absolute atomic E-state index is 13.0. The number of carbonyl (C=O) groups is 2. The zero-order valence-electron chi connectivity index (χ0n) is 13.7. The maximum atomic E-state index is 13.0. The molecule has 1 amide bonds. The third kappa shape index (κ3) is 3.04. The number of nitrogens with zero attached hydrogens (tertiary/aromatic N) is 1. The maximum Gasteiger partial charge on any atom is 0.336 e. The number of carbonyl (C=O) groups excluding carboxylic acids is 1. The molecule has 1 aliphatic heterocycles. The first-order valence-electron chi connectivity index (χ1n) is 8.32. The number of likely N-dealkylation sites (tertiary alicyclic amines) is 1. The van der Waals surface area contributed by atoms with Gasteiger partial charge in [0.05, 0.1) is 5.56 Å². The normalized spacial score (nSPS) is 17.0. The minimum absolute atomic E-state index is 0.0123. The molecule has 124 valence electrons. The molecule has 3 rings (SSSR count).